The minimum atomic E-state index is -0.637. The second-order valence-electron chi connectivity index (χ2n) is 7.37. The van der Waals surface area contributed by atoms with Crippen molar-refractivity contribution in [3.8, 4) is 5.75 Å². The molecule has 5 heteroatoms. The molecule has 0 fully saturated rings. The number of ether oxygens (including phenoxy) is 1. The zero-order valence-electron chi connectivity index (χ0n) is 17.0. The van der Waals surface area contributed by atoms with Crippen LogP contribution in [-0.4, -0.2) is 30.3 Å². The minimum absolute atomic E-state index is 0.558. The molecule has 4 nitrogen and oxygen atoms in total. The van der Waals surface area contributed by atoms with Crippen LogP contribution < -0.4 is 13.7 Å². The average molecular weight is 455 g/mol. The first-order chi connectivity index (χ1) is 14.7. The van der Waals surface area contributed by atoms with Crippen LogP contribution in [0.25, 0.3) is 21.9 Å². The number of fused-ring (bicyclic) bond motifs is 2. The van der Waals surface area contributed by atoms with E-state index in [2.05, 4.69) is 67.1 Å². The zero-order chi connectivity index (χ0) is 20.5. The van der Waals surface area contributed by atoms with Crippen LogP contribution in [0, 0.1) is 6.92 Å². The fourth-order valence-corrected chi connectivity index (χ4v) is 6.42. The van der Waals surface area contributed by atoms with Gasteiger partial charge in [0.1, 0.15) is 0 Å². The summed E-state index contributed by atoms with van der Waals surface area (Å²) in [6.07, 6.45) is 0. The molecule has 2 heterocycles. The van der Waals surface area contributed by atoms with Gasteiger partial charge in [-0.3, -0.25) is 0 Å². The first-order valence-electron chi connectivity index (χ1n) is 9.94. The predicted molar refractivity (Wildman–Crippen MR) is 124 cm³/mol. The summed E-state index contributed by atoms with van der Waals surface area (Å²) in [6.45, 7) is 2.62. The fraction of sp³-hybridized carbons (Fsp3) is 0.120. The van der Waals surface area contributed by atoms with Crippen molar-refractivity contribution in [1.29, 1.82) is 0 Å². The van der Waals surface area contributed by atoms with E-state index < -0.39 is 15.8 Å². The number of pyridine rings is 1. The maximum atomic E-state index is 6.07. The van der Waals surface area contributed by atoms with Crippen molar-refractivity contribution in [1.82, 2.24) is 14.5 Å². The maximum absolute atomic E-state index is 6.07. The molecule has 0 spiro atoms. The number of nitrogens with zero attached hydrogens (tertiary/aromatic N) is 3. The average Bonchev–Trinajstić information content (AvgIpc) is 3.08. The van der Waals surface area contributed by atoms with Gasteiger partial charge >= 0.3 is 182 Å². The second kappa shape index (κ2) is 7.96. The summed E-state index contributed by atoms with van der Waals surface area (Å²) in [4.78, 5) is 9.65. The first-order valence-corrected chi connectivity index (χ1v) is 12.0. The van der Waals surface area contributed by atoms with Gasteiger partial charge in [0.05, 0.1) is 0 Å². The molecule has 3 aromatic carbocycles. The molecule has 30 heavy (non-hydrogen) atoms. The van der Waals surface area contributed by atoms with Crippen LogP contribution in [0.3, 0.4) is 0 Å². The molecule has 0 saturated carbocycles. The first kappa shape index (κ1) is 18.9. The van der Waals surface area contributed by atoms with Crippen LogP contribution in [0.15, 0.2) is 78.9 Å². The molecule has 148 valence electrons. The van der Waals surface area contributed by atoms with Gasteiger partial charge < -0.3 is 0 Å². The van der Waals surface area contributed by atoms with E-state index in [9.17, 15) is 0 Å². The quantitative estimate of drug-likeness (QED) is 0.382. The van der Waals surface area contributed by atoms with Gasteiger partial charge in [-0.2, -0.15) is 0 Å². The van der Waals surface area contributed by atoms with E-state index in [0.29, 0.717) is 6.61 Å². The van der Waals surface area contributed by atoms with Crippen molar-refractivity contribution in [2.24, 2.45) is 7.05 Å². The zero-order valence-corrected chi connectivity index (χ0v) is 19.1. The van der Waals surface area contributed by atoms with Crippen molar-refractivity contribution in [2.75, 3.05) is 0 Å². The molecule has 1 unspecified atom stereocenters. The van der Waals surface area contributed by atoms with Gasteiger partial charge in [0.2, 0.25) is 0 Å². The van der Waals surface area contributed by atoms with Crippen LogP contribution in [0.1, 0.15) is 11.3 Å². The SMILES string of the molecule is Cc1cc([AsH]c2nc3ccccc3n2C)c2cc(OCc3ccccc3)ccc2n1. The van der Waals surface area contributed by atoms with Gasteiger partial charge in [0.25, 0.3) is 0 Å². The monoisotopic (exact) mass is 455 g/mol. The normalized spacial score (nSPS) is 11.7. The van der Waals surface area contributed by atoms with Crippen LogP contribution in [0.4, 0.5) is 0 Å². The van der Waals surface area contributed by atoms with Crippen molar-refractivity contribution in [2.45, 2.75) is 13.5 Å². The van der Waals surface area contributed by atoms with Gasteiger partial charge in [-0.25, -0.2) is 0 Å². The molecule has 5 aromatic rings. The van der Waals surface area contributed by atoms with Crippen LogP contribution >= 0.6 is 0 Å². The number of hydrogen-bond donors (Lipinski definition) is 0. The molecular formula is C25H22AsN3O. The molecule has 2 aromatic heterocycles. The Labute approximate surface area is 182 Å². The molecule has 0 bridgehead atoms. The Kier molecular flexibility index (Phi) is 5.02. The third kappa shape index (κ3) is 3.71. The molecule has 0 aliphatic carbocycles. The Morgan fingerprint density at radius 2 is 1.67 bits per heavy atom. The fourth-order valence-electron chi connectivity index (χ4n) is 3.65. The molecule has 0 aliphatic rings. The molecule has 1 atom stereocenters. The number of aromatic nitrogens is 3. The Hall–Kier alpha value is -3.10. The van der Waals surface area contributed by atoms with Crippen LogP contribution in [0.2, 0.25) is 0 Å². The van der Waals surface area contributed by atoms with E-state index in [4.69, 9.17) is 14.7 Å². The van der Waals surface area contributed by atoms with Crippen molar-refractivity contribution >= 4 is 46.7 Å². The van der Waals surface area contributed by atoms with Crippen molar-refractivity contribution in [3.05, 3.63) is 90.1 Å². The molecule has 0 saturated heterocycles. The van der Waals surface area contributed by atoms with E-state index in [0.717, 1.165) is 28.0 Å². The molecule has 0 amide bonds. The second-order valence-corrected chi connectivity index (χ2v) is 9.97. The van der Waals surface area contributed by atoms with Gasteiger partial charge in [0, 0.05) is 0 Å². The predicted octanol–water partition coefficient (Wildman–Crippen LogP) is 3.40. The van der Waals surface area contributed by atoms with E-state index in [1.165, 1.54) is 19.9 Å². The van der Waals surface area contributed by atoms with E-state index in [1.54, 1.807) is 0 Å². The number of hydrogen-bond acceptors (Lipinski definition) is 3. The van der Waals surface area contributed by atoms with E-state index >= 15 is 0 Å². The van der Waals surface area contributed by atoms with Gasteiger partial charge in [-0.1, -0.05) is 0 Å². The van der Waals surface area contributed by atoms with Crippen molar-refractivity contribution in [3.63, 3.8) is 0 Å². The Balaban J connectivity index is 1.50. The molecular weight excluding hydrogens is 433 g/mol. The summed E-state index contributed by atoms with van der Waals surface area (Å²) in [6, 6.07) is 27.0. The summed E-state index contributed by atoms with van der Waals surface area (Å²) in [5, 5.41) is 1.17. The number of benzene rings is 3. The van der Waals surface area contributed by atoms with Crippen LogP contribution in [0.5, 0.6) is 5.75 Å². The van der Waals surface area contributed by atoms with Gasteiger partial charge in [-0.05, 0) is 0 Å². The number of imidazole rings is 1. The molecule has 0 N–H and O–H groups in total. The molecule has 5 rings (SSSR count). The van der Waals surface area contributed by atoms with Crippen molar-refractivity contribution < 1.29 is 4.74 Å². The van der Waals surface area contributed by atoms with Crippen LogP contribution in [-0.2, 0) is 13.7 Å². The third-order valence-corrected chi connectivity index (χ3v) is 8.03. The third-order valence-electron chi connectivity index (χ3n) is 5.19. The summed E-state index contributed by atoms with van der Waals surface area (Å²) < 4.78 is 10.8. The standard InChI is InChI=1S/C25H22AsN3O/c1-17-14-21(26-25-28-23-10-6-7-11-24(23)29(25)2)20-15-19(12-13-22(20)27-17)30-16-18-8-4-3-5-9-18/h3-15,26H,16H2,1-2H3. The summed E-state index contributed by atoms with van der Waals surface area (Å²) in [5.74, 6) is 0.870. The molecule has 0 aliphatic heterocycles. The number of rotatable bonds is 5. The Bertz CT molecular complexity index is 1350. The summed E-state index contributed by atoms with van der Waals surface area (Å²) in [7, 11) is 2.11. The van der Waals surface area contributed by atoms with E-state index in [1.807, 2.05) is 30.3 Å². The summed E-state index contributed by atoms with van der Waals surface area (Å²) >= 11 is -0.637. The number of para-hydroxylation sites is 2. The topological polar surface area (TPSA) is 39.9 Å². The Morgan fingerprint density at radius 3 is 2.50 bits per heavy atom. The number of aryl methyl sites for hydroxylation is 2. The molecule has 0 radical (unpaired) electrons. The van der Waals surface area contributed by atoms with E-state index in [-0.39, 0.29) is 0 Å². The van der Waals surface area contributed by atoms with Gasteiger partial charge in [-0.15, -0.1) is 0 Å². The summed E-state index contributed by atoms with van der Waals surface area (Å²) in [5.41, 5.74) is 5.45. The van der Waals surface area contributed by atoms with Gasteiger partial charge in [0.15, 0.2) is 0 Å². The Morgan fingerprint density at radius 1 is 0.867 bits per heavy atom.